The normalized spacial score (nSPS) is 12.2. The second kappa shape index (κ2) is 7.99. The van der Waals surface area contributed by atoms with Crippen LogP contribution in [0.5, 0.6) is 17.2 Å². The number of carboxylic acids is 1. The minimum atomic E-state index is -0.941. The number of aliphatic carboxylic acids is 1. The minimum Gasteiger partial charge on any atom is -0.486 e. The van der Waals surface area contributed by atoms with Gasteiger partial charge in [-0.1, -0.05) is 23.4 Å². The average Bonchev–Trinajstić information content (AvgIpc) is 3.31. The van der Waals surface area contributed by atoms with Crippen LogP contribution in [-0.2, 0) is 11.4 Å². The van der Waals surface area contributed by atoms with Gasteiger partial charge in [-0.05, 0) is 36.4 Å². The number of hydrogen-bond donors (Lipinski definition) is 1. The molecule has 0 bridgehead atoms. The lowest BCUT2D eigenvalue weighted by Gasteiger charge is -2.11. The summed E-state index contributed by atoms with van der Waals surface area (Å²) in [5, 5.41) is 18.3. The van der Waals surface area contributed by atoms with Crippen molar-refractivity contribution in [2.24, 2.45) is 0 Å². The van der Waals surface area contributed by atoms with Crippen LogP contribution in [0.4, 0.5) is 0 Å². The maximum Gasteiger partial charge on any atom is 0.313 e. The van der Waals surface area contributed by atoms with Gasteiger partial charge in [0, 0.05) is 11.1 Å². The van der Waals surface area contributed by atoms with E-state index in [1.807, 2.05) is 6.07 Å². The Bertz CT molecular complexity index is 1010. The molecule has 2 heterocycles. The molecule has 0 saturated heterocycles. The standard InChI is InChI=1S/C18H14ClN3O5S/c19-11-1-4-13(5-2-11)25-8-16-20-21-18(28-9-17(23)24)22(16)12-3-6-14-15(7-12)27-10-26-14/h1-7H,8-10H2,(H,23,24). The molecule has 28 heavy (non-hydrogen) atoms. The zero-order valence-electron chi connectivity index (χ0n) is 14.4. The van der Waals surface area contributed by atoms with Gasteiger partial charge in [0.2, 0.25) is 6.79 Å². The van der Waals surface area contributed by atoms with Gasteiger partial charge in [0.15, 0.2) is 22.5 Å². The lowest BCUT2D eigenvalue weighted by atomic mass is 10.2. The Morgan fingerprint density at radius 1 is 1.18 bits per heavy atom. The predicted octanol–water partition coefficient (Wildman–Crippen LogP) is 3.41. The van der Waals surface area contributed by atoms with E-state index in [4.69, 9.17) is 30.9 Å². The molecule has 1 N–H and O–H groups in total. The number of aromatic nitrogens is 3. The second-order valence-corrected chi connectivity index (χ2v) is 7.08. The number of carboxylic acid groups (broad SMARTS) is 1. The molecular formula is C18H14ClN3O5S. The topological polar surface area (TPSA) is 95.7 Å². The summed E-state index contributed by atoms with van der Waals surface area (Å²) in [4.78, 5) is 11.0. The molecule has 3 aromatic rings. The van der Waals surface area contributed by atoms with Crippen molar-refractivity contribution in [2.45, 2.75) is 11.8 Å². The molecule has 0 spiro atoms. The van der Waals surface area contributed by atoms with Crippen molar-refractivity contribution >= 4 is 29.3 Å². The summed E-state index contributed by atoms with van der Waals surface area (Å²) in [6.07, 6.45) is 0. The third-order valence-corrected chi connectivity index (χ3v) is 4.99. The molecule has 0 atom stereocenters. The highest BCUT2D eigenvalue weighted by Crippen LogP contribution is 2.35. The van der Waals surface area contributed by atoms with E-state index in [1.54, 1.807) is 41.0 Å². The number of benzene rings is 2. The van der Waals surface area contributed by atoms with Gasteiger partial charge in [-0.3, -0.25) is 9.36 Å². The van der Waals surface area contributed by atoms with E-state index in [2.05, 4.69) is 10.2 Å². The smallest absolute Gasteiger partial charge is 0.313 e. The van der Waals surface area contributed by atoms with Crippen molar-refractivity contribution in [1.29, 1.82) is 0 Å². The number of nitrogens with zero attached hydrogens (tertiary/aromatic N) is 3. The van der Waals surface area contributed by atoms with Gasteiger partial charge < -0.3 is 19.3 Å². The maximum absolute atomic E-state index is 11.0. The Labute approximate surface area is 169 Å². The molecule has 8 nitrogen and oxygen atoms in total. The van der Waals surface area contributed by atoms with Crippen LogP contribution in [0.1, 0.15) is 5.82 Å². The first kappa shape index (κ1) is 18.5. The summed E-state index contributed by atoms with van der Waals surface area (Å²) < 4.78 is 18.3. The molecule has 1 aromatic heterocycles. The molecule has 1 aliphatic heterocycles. The highest BCUT2D eigenvalue weighted by atomic mass is 35.5. The van der Waals surface area contributed by atoms with E-state index in [1.165, 1.54) is 0 Å². The van der Waals surface area contributed by atoms with Crippen LogP contribution >= 0.6 is 23.4 Å². The lowest BCUT2D eigenvalue weighted by Crippen LogP contribution is -2.07. The van der Waals surface area contributed by atoms with Crippen molar-refractivity contribution in [1.82, 2.24) is 14.8 Å². The quantitative estimate of drug-likeness (QED) is 0.582. The highest BCUT2D eigenvalue weighted by Gasteiger charge is 2.20. The Kier molecular flexibility index (Phi) is 5.27. The Hall–Kier alpha value is -2.91. The minimum absolute atomic E-state index is 0.136. The number of halogens is 1. The SMILES string of the molecule is O=C(O)CSc1nnc(COc2ccc(Cl)cc2)n1-c1ccc2c(c1)OCO2. The fourth-order valence-electron chi connectivity index (χ4n) is 2.58. The van der Waals surface area contributed by atoms with Crippen LogP contribution in [0.25, 0.3) is 5.69 Å². The van der Waals surface area contributed by atoms with Crippen molar-refractivity contribution in [2.75, 3.05) is 12.5 Å². The van der Waals surface area contributed by atoms with E-state index < -0.39 is 5.97 Å². The highest BCUT2D eigenvalue weighted by molar-refractivity contribution is 7.99. The van der Waals surface area contributed by atoms with Gasteiger partial charge in [-0.2, -0.15) is 0 Å². The second-order valence-electron chi connectivity index (χ2n) is 5.70. The number of ether oxygens (including phenoxy) is 3. The van der Waals surface area contributed by atoms with Gasteiger partial charge in [0.1, 0.15) is 12.4 Å². The molecule has 1 aliphatic rings. The summed E-state index contributed by atoms with van der Waals surface area (Å²) in [5.74, 6) is 1.32. The van der Waals surface area contributed by atoms with Crippen LogP contribution < -0.4 is 14.2 Å². The first-order valence-corrected chi connectivity index (χ1v) is 9.54. The summed E-state index contributed by atoms with van der Waals surface area (Å²) in [5.41, 5.74) is 0.719. The third kappa shape index (κ3) is 4.00. The monoisotopic (exact) mass is 419 g/mol. The van der Waals surface area contributed by atoms with Gasteiger partial charge in [-0.25, -0.2) is 0 Å². The van der Waals surface area contributed by atoms with Crippen LogP contribution in [0.2, 0.25) is 5.02 Å². The first-order valence-electron chi connectivity index (χ1n) is 8.17. The van der Waals surface area contributed by atoms with Crippen molar-refractivity contribution < 1.29 is 24.1 Å². The molecule has 0 unspecified atom stereocenters. The molecule has 0 saturated carbocycles. The fraction of sp³-hybridized carbons (Fsp3) is 0.167. The Morgan fingerprint density at radius 3 is 2.75 bits per heavy atom. The van der Waals surface area contributed by atoms with Crippen molar-refractivity contribution in [3.8, 4) is 22.9 Å². The Balaban J connectivity index is 1.63. The lowest BCUT2D eigenvalue weighted by molar-refractivity contribution is -0.133. The summed E-state index contributed by atoms with van der Waals surface area (Å²) in [6.45, 7) is 0.296. The molecule has 2 aromatic carbocycles. The number of hydrogen-bond acceptors (Lipinski definition) is 7. The summed E-state index contributed by atoms with van der Waals surface area (Å²) in [6, 6.07) is 12.4. The molecule has 10 heteroatoms. The summed E-state index contributed by atoms with van der Waals surface area (Å²) >= 11 is 6.96. The molecule has 0 aliphatic carbocycles. The van der Waals surface area contributed by atoms with E-state index in [0.29, 0.717) is 33.3 Å². The zero-order chi connectivity index (χ0) is 19.5. The number of thioether (sulfide) groups is 1. The van der Waals surface area contributed by atoms with Crippen LogP contribution in [0, 0.1) is 0 Å². The van der Waals surface area contributed by atoms with Crippen LogP contribution in [0.15, 0.2) is 47.6 Å². The van der Waals surface area contributed by atoms with Crippen LogP contribution in [-0.4, -0.2) is 38.4 Å². The third-order valence-electron chi connectivity index (χ3n) is 3.82. The molecular weight excluding hydrogens is 406 g/mol. The van der Waals surface area contributed by atoms with E-state index in [9.17, 15) is 4.79 Å². The fourth-order valence-corrected chi connectivity index (χ4v) is 3.39. The number of carbonyl (C=O) groups is 1. The molecule has 0 radical (unpaired) electrons. The molecule has 0 fully saturated rings. The van der Waals surface area contributed by atoms with Crippen molar-refractivity contribution in [3.05, 3.63) is 53.3 Å². The maximum atomic E-state index is 11.0. The van der Waals surface area contributed by atoms with Gasteiger partial charge >= 0.3 is 5.97 Å². The molecule has 0 amide bonds. The number of fused-ring (bicyclic) bond motifs is 1. The largest absolute Gasteiger partial charge is 0.486 e. The van der Waals surface area contributed by atoms with E-state index in [0.717, 1.165) is 17.4 Å². The van der Waals surface area contributed by atoms with Gasteiger partial charge in [-0.15, -0.1) is 10.2 Å². The van der Waals surface area contributed by atoms with Crippen molar-refractivity contribution in [3.63, 3.8) is 0 Å². The van der Waals surface area contributed by atoms with E-state index >= 15 is 0 Å². The average molecular weight is 420 g/mol. The molecule has 144 valence electrons. The van der Waals surface area contributed by atoms with Gasteiger partial charge in [0.05, 0.1) is 11.4 Å². The first-order chi connectivity index (χ1) is 13.6. The van der Waals surface area contributed by atoms with Gasteiger partial charge in [0.25, 0.3) is 0 Å². The van der Waals surface area contributed by atoms with Crippen LogP contribution in [0.3, 0.4) is 0 Å². The number of rotatable bonds is 7. The Morgan fingerprint density at radius 2 is 1.96 bits per heavy atom. The predicted molar refractivity (Wildman–Crippen MR) is 102 cm³/mol. The zero-order valence-corrected chi connectivity index (χ0v) is 15.9. The van der Waals surface area contributed by atoms with E-state index in [-0.39, 0.29) is 19.2 Å². The summed E-state index contributed by atoms with van der Waals surface area (Å²) in [7, 11) is 0. The molecule has 4 rings (SSSR count).